The molecule has 0 saturated heterocycles. The van der Waals surface area contributed by atoms with Crippen LogP contribution in [-0.4, -0.2) is 12.6 Å². The molecule has 0 aliphatic rings. The summed E-state index contributed by atoms with van der Waals surface area (Å²) in [5.41, 5.74) is 1.25. The Bertz CT molecular complexity index is 285. The van der Waals surface area contributed by atoms with E-state index < -0.39 is 0 Å². The molecule has 0 heterocycles. The zero-order valence-corrected chi connectivity index (χ0v) is 11.3. The number of carbonyl (C=O) groups excluding carboxylic acids is 1. The van der Waals surface area contributed by atoms with Crippen LogP contribution >= 0.6 is 28.6 Å². The fourth-order valence-electron chi connectivity index (χ4n) is 0.793. The van der Waals surface area contributed by atoms with Gasteiger partial charge in [-0.2, -0.15) is 12.6 Å². The Labute approximate surface area is 105 Å². The predicted molar refractivity (Wildman–Crippen MR) is 69.1 cm³/mol. The van der Waals surface area contributed by atoms with Gasteiger partial charge in [-0.1, -0.05) is 28.1 Å². The molecule has 15 heavy (non-hydrogen) atoms. The minimum Gasteiger partial charge on any atom is -0.466 e. The topological polar surface area (TPSA) is 26.3 Å². The van der Waals surface area contributed by atoms with Crippen LogP contribution in [-0.2, 0) is 15.3 Å². The normalized spacial score (nSPS) is 8.80. The minimum atomic E-state index is -0.211. The summed E-state index contributed by atoms with van der Waals surface area (Å²) in [5, 5.41) is 0. The van der Waals surface area contributed by atoms with Crippen LogP contribution in [0.15, 0.2) is 28.7 Å². The number of halogens is 1. The molecule has 2 nitrogen and oxygen atoms in total. The number of hydrogen-bond donors (Lipinski definition) is 1. The smallest absolute Gasteiger partial charge is 0.302 e. The van der Waals surface area contributed by atoms with Crippen LogP contribution in [0.25, 0.3) is 0 Å². The van der Waals surface area contributed by atoms with Crippen LogP contribution in [0.3, 0.4) is 0 Å². The van der Waals surface area contributed by atoms with Gasteiger partial charge in [-0.3, -0.25) is 4.79 Å². The molecule has 4 heteroatoms. The van der Waals surface area contributed by atoms with E-state index in [9.17, 15) is 4.79 Å². The molecule has 0 N–H and O–H groups in total. The zero-order chi connectivity index (χ0) is 11.7. The van der Waals surface area contributed by atoms with Crippen molar-refractivity contribution in [2.24, 2.45) is 0 Å². The van der Waals surface area contributed by atoms with E-state index in [1.165, 1.54) is 12.5 Å². The number of carbonyl (C=O) groups is 1. The molecular formula is C11H15BrO2S. The summed E-state index contributed by atoms with van der Waals surface area (Å²) in [7, 11) is 0. The third kappa shape index (κ3) is 8.51. The van der Waals surface area contributed by atoms with Crippen molar-refractivity contribution in [3.63, 3.8) is 0 Å². The summed E-state index contributed by atoms with van der Waals surface area (Å²) in [5.74, 6) is 0.602. The Morgan fingerprint density at radius 2 is 1.93 bits per heavy atom. The lowest BCUT2D eigenvalue weighted by Crippen LogP contribution is -1.95. The first-order valence-electron chi connectivity index (χ1n) is 4.58. The summed E-state index contributed by atoms with van der Waals surface area (Å²) >= 11 is 7.48. The molecule has 1 rings (SSSR count). The molecule has 0 aliphatic heterocycles. The van der Waals surface area contributed by atoms with Crippen LogP contribution in [0, 0.1) is 0 Å². The Kier molecular flexibility index (Phi) is 8.52. The molecule has 0 aromatic heterocycles. The molecule has 1 aromatic rings. The van der Waals surface area contributed by atoms with Crippen molar-refractivity contribution in [1.82, 2.24) is 0 Å². The molecule has 0 unspecified atom stereocenters. The van der Waals surface area contributed by atoms with Crippen molar-refractivity contribution in [3.8, 4) is 0 Å². The quantitative estimate of drug-likeness (QED) is 0.667. The Morgan fingerprint density at radius 3 is 2.20 bits per heavy atom. The van der Waals surface area contributed by atoms with Crippen LogP contribution in [0.5, 0.6) is 0 Å². The Morgan fingerprint density at radius 1 is 1.40 bits per heavy atom. The number of benzene rings is 1. The fourth-order valence-corrected chi connectivity index (χ4v) is 1.27. The highest BCUT2D eigenvalue weighted by molar-refractivity contribution is 9.10. The minimum absolute atomic E-state index is 0.211. The standard InChI is InChI=1S/C7H7BrS.C4H8O2/c8-7-3-1-6(5-9)2-4-7;1-3-6-4(2)5/h1-4,9H,5H2;3H2,1-2H3. The van der Waals surface area contributed by atoms with Gasteiger partial charge >= 0.3 is 5.97 Å². The summed E-state index contributed by atoms with van der Waals surface area (Å²) < 4.78 is 5.52. The van der Waals surface area contributed by atoms with Crippen LogP contribution in [0.1, 0.15) is 19.4 Å². The molecule has 0 radical (unpaired) electrons. The lowest BCUT2D eigenvalue weighted by molar-refractivity contribution is -0.140. The first-order valence-corrected chi connectivity index (χ1v) is 6.01. The van der Waals surface area contributed by atoms with Crippen molar-refractivity contribution in [2.45, 2.75) is 19.6 Å². The van der Waals surface area contributed by atoms with E-state index in [1.54, 1.807) is 6.92 Å². The molecule has 1 aromatic carbocycles. The van der Waals surface area contributed by atoms with Crippen molar-refractivity contribution in [3.05, 3.63) is 34.3 Å². The first-order chi connectivity index (χ1) is 7.10. The second-order valence-corrected chi connectivity index (χ2v) is 3.94. The van der Waals surface area contributed by atoms with Gasteiger partial charge in [0.2, 0.25) is 0 Å². The fraction of sp³-hybridized carbons (Fsp3) is 0.364. The average Bonchev–Trinajstić information content (AvgIpc) is 2.20. The van der Waals surface area contributed by atoms with Crippen molar-refractivity contribution in [1.29, 1.82) is 0 Å². The SMILES string of the molecule is CCOC(C)=O.SCc1ccc(Br)cc1. The van der Waals surface area contributed by atoms with Crippen molar-refractivity contribution in [2.75, 3.05) is 6.61 Å². The van der Waals surface area contributed by atoms with Crippen LogP contribution in [0.4, 0.5) is 0 Å². The van der Waals surface area contributed by atoms with Gasteiger partial charge in [0.05, 0.1) is 6.61 Å². The average molecular weight is 291 g/mol. The summed E-state index contributed by atoms with van der Waals surface area (Å²) in [6.45, 7) is 3.65. The number of esters is 1. The third-order valence-electron chi connectivity index (χ3n) is 1.44. The maximum atomic E-state index is 9.82. The Hall–Kier alpha value is -0.480. The largest absolute Gasteiger partial charge is 0.466 e. The summed E-state index contributed by atoms with van der Waals surface area (Å²) in [4.78, 5) is 9.82. The molecule has 0 spiro atoms. The highest BCUT2D eigenvalue weighted by Crippen LogP contribution is 2.11. The van der Waals surface area contributed by atoms with Gasteiger partial charge in [-0.05, 0) is 24.6 Å². The van der Waals surface area contributed by atoms with E-state index >= 15 is 0 Å². The van der Waals surface area contributed by atoms with Crippen molar-refractivity contribution < 1.29 is 9.53 Å². The van der Waals surface area contributed by atoms with Gasteiger partial charge in [0.1, 0.15) is 0 Å². The number of thiol groups is 1. The lowest BCUT2D eigenvalue weighted by Gasteiger charge is -1.92. The van der Waals surface area contributed by atoms with Crippen molar-refractivity contribution >= 4 is 34.5 Å². The number of hydrogen-bond acceptors (Lipinski definition) is 3. The summed E-state index contributed by atoms with van der Waals surface area (Å²) in [6.07, 6.45) is 0. The molecule has 0 aliphatic carbocycles. The highest BCUT2D eigenvalue weighted by atomic mass is 79.9. The highest BCUT2D eigenvalue weighted by Gasteiger charge is 1.86. The van der Waals surface area contributed by atoms with E-state index in [0.717, 1.165) is 10.2 Å². The van der Waals surface area contributed by atoms with Gasteiger partial charge in [0.15, 0.2) is 0 Å². The van der Waals surface area contributed by atoms with Crippen LogP contribution < -0.4 is 0 Å². The maximum Gasteiger partial charge on any atom is 0.302 e. The molecule has 0 atom stereocenters. The molecule has 0 fully saturated rings. The first kappa shape index (κ1) is 14.5. The molecule has 0 saturated carbocycles. The second kappa shape index (κ2) is 8.80. The van der Waals surface area contributed by atoms with Gasteiger partial charge in [0, 0.05) is 17.1 Å². The van der Waals surface area contributed by atoms with E-state index in [1.807, 2.05) is 12.1 Å². The van der Waals surface area contributed by atoms with E-state index in [0.29, 0.717) is 6.61 Å². The van der Waals surface area contributed by atoms with Gasteiger partial charge in [-0.25, -0.2) is 0 Å². The molecule has 84 valence electrons. The van der Waals surface area contributed by atoms with Gasteiger partial charge in [0.25, 0.3) is 0 Å². The number of ether oxygens (including phenoxy) is 1. The van der Waals surface area contributed by atoms with E-state index in [4.69, 9.17) is 0 Å². The molecule has 0 bridgehead atoms. The van der Waals surface area contributed by atoms with Gasteiger partial charge in [-0.15, -0.1) is 0 Å². The zero-order valence-electron chi connectivity index (χ0n) is 8.87. The van der Waals surface area contributed by atoms with E-state index in [-0.39, 0.29) is 5.97 Å². The lowest BCUT2D eigenvalue weighted by atomic mass is 10.2. The monoisotopic (exact) mass is 290 g/mol. The molecule has 0 amide bonds. The summed E-state index contributed by atoms with van der Waals surface area (Å²) in [6, 6.07) is 8.14. The number of rotatable bonds is 2. The predicted octanol–water partition coefficient (Wildman–Crippen LogP) is 3.45. The Balaban J connectivity index is 0.000000288. The second-order valence-electron chi connectivity index (χ2n) is 2.71. The van der Waals surface area contributed by atoms with E-state index in [2.05, 4.69) is 45.4 Å². The van der Waals surface area contributed by atoms with Crippen LogP contribution in [0.2, 0.25) is 0 Å². The maximum absolute atomic E-state index is 9.82. The molecular weight excluding hydrogens is 276 g/mol. The third-order valence-corrected chi connectivity index (χ3v) is 2.34. The van der Waals surface area contributed by atoms with Gasteiger partial charge < -0.3 is 4.74 Å².